The number of thioether (sulfide) groups is 1. The number of thiocarbonyl (C=S) groups is 1. The number of nitrogens with zero attached hydrogens (tertiary/aromatic N) is 1. The fourth-order valence-electron chi connectivity index (χ4n) is 0.974. The van der Waals surface area contributed by atoms with Crippen molar-refractivity contribution in [3.63, 3.8) is 0 Å². The van der Waals surface area contributed by atoms with Gasteiger partial charge < -0.3 is 6.53 Å². The predicted molar refractivity (Wildman–Crippen MR) is 67.6 cm³/mol. The Morgan fingerprint density at radius 2 is 2.35 bits per heavy atom. The number of carboxylic acids is 1. The van der Waals surface area contributed by atoms with E-state index in [1.807, 2.05) is 0 Å². The van der Waals surface area contributed by atoms with Crippen LogP contribution in [0.15, 0.2) is 16.7 Å². The van der Waals surface area contributed by atoms with Crippen LogP contribution in [0.5, 0.6) is 0 Å². The molecule has 0 radical (unpaired) electrons. The standard InChI is InChI=1S/C9H8ClNO3S2.K.H/c10-4-2-1-3-6-8(14)11(5-7(12)13)9(15)16-6;;/h1H,2,4-5H2,(H,12,13);;/q;+1;-1. The summed E-state index contributed by atoms with van der Waals surface area (Å²) in [6, 6.07) is 0. The maximum atomic E-state index is 11.6. The summed E-state index contributed by atoms with van der Waals surface area (Å²) in [6.45, 7) is -0.411. The second kappa shape index (κ2) is 8.85. The largest absolute Gasteiger partial charge is 1.00 e. The first kappa shape index (κ1) is 17.8. The van der Waals surface area contributed by atoms with Gasteiger partial charge in [0.25, 0.3) is 5.91 Å². The summed E-state index contributed by atoms with van der Waals surface area (Å²) in [5, 5.41) is 8.59. The van der Waals surface area contributed by atoms with Gasteiger partial charge in [-0.1, -0.05) is 12.2 Å². The summed E-state index contributed by atoms with van der Waals surface area (Å²) in [4.78, 5) is 23.5. The van der Waals surface area contributed by atoms with Crippen molar-refractivity contribution in [1.82, 2.24) is 4.90 Å². The van der Waals surface area contributed by atoms with Crippen LogP contribution in [0.2, 0.25) is 0 Å². The Morgan fingerprint density at radius 3 is 2.88 bits per heavy atom. The van der Waals surface area contributed by atoms with Crippen LogP contribution in [0, 0.1) is 0 Å². The van der Waals surface area contributed by atoms with E-state index in [0.29, 0.717) is 17.2 Å². The van der Waals surface area contributed by atoms with Crippen LogP contribution in [0.25, 0.3) is 0 Å². The van der Waals surface area contributed by atoms with Gasteiger partial charge in [-0.3, -0.25) is 14.5 Å². The second-order valence-electron chi connectivity index (χ2n) is 2.81. The van der Waals surface area contributed by atoms with Crippen molar-refractivity contribution < 1.29 is 67.5 Å². The van der Waals surface area contributed by atoms with Gasteiger partial charge in [0.05, 0.1) is 0 Å². The Kier molecular flexibility index (Phi) is 9.28. The molecule has 1 N–H and O–H groups in total. The third kappa shape index (κ3) is 5.55. The molecule has 1 amide bonds. The Labute approximate surface area is 157 Å². The molecule has 88 valence electrons. The van der Waals surface area contributed by atoms with Gasteiger partial charge in [0, 0.05) is 5.88 Å². The molecular formula is C9H9ClKNO3S2. The number of carbonyl (C=O) groups excluding carboxylic acids is 1. The van der Waals surface area contributed by atoms with Crippen LogP contribution >= 0.6 is 35.6 Å². The van der Waals surface area contributed by atoms with E-state index >= 15 is 0 Å². The van der Waals surface area contributed by atoms with Crippen LogP contribution < -0.4 is 51.4 Å². The molecule has 1 heterocycles. The van der Waals surface area contributed by atoms with Crippen molar-refractivity contribution in [1.29, 1.82) is 0 Å². The molecule has 1 aliphatic rings. The molecule has 0 bridgehead atoms. The van der Waals surface area contributed by atoms with E-state index in [0.717, 1.165) is 16.7 Å². The topological polar surface area (TPSA) is 57.6 Å². The first-order chi connectivity index (χ1) is 7.56. The molecule has 1 saturated heterocycles. The minimum absolute atomic E-state index is 0. The van der Waals surface area contributed by atoms with Gasteiger partial charge in [0.15, 0.2) is 0 Å². The normalized spacial score (nSPS) is 14.4. The Hall–Kier alpha value is 0.826. The van der Waals surface area contributed by atoms with Gasteiger partial charge in [-0.25, -0.2) is 0 Å². The molecule has 0 spiro atoms. The molecular weight excluding hydrogens is 309 g/mol. The van der Waals surface area contributed by atoms with Crippen LogP contribution in [0.3, 0.4) is 0 Å². The van der Waals surface area contributed by atoms with E-state index in [1.165, 1.54) is 0 Å². The zero-order chi connectivity index (χ0) is 12.1. The van der Waals surface area contributed by atoms with Crippen LogP contribution in [0.1, 0.15) is 7.85 Å². The molecule has 1 fully saturated rings. The quantitative estimate of drug-likeness (QED) is 0.230. The molecule has 0 saturated carbocycles. The van der Waals surface area contributed by atoms with Crippen LogP contribution in [-0.2, 0) is 9.59 Å². The number of hydrogen-bond donors (Lipinski definition) is 1. The Bertz CT molecular complexity index is 413. The SMILES string of the molecule is O=C(O)CN1C(=O)C(=C=CCCCl)SC1=S.[H-].[K+]. The number of amides is 1. The average molecular weight is 318 g/mol. The molecule has 0 unspecified atom stereocenters. The van der Waals surface area contributed by atoms with E-state index in [2.05, 4.69) is 5.73 Å². The third-order valence-corrected chi connectivity index (χ3v) is 3.21. The summed E-state index contributed by atoms with van der Waals surface area (Å²) in [5.41, 5.74) is 2.76. The number of hydrogen-bond acceptors (Lipinski definition) is 4. The minimum atomic E-state index is -1.10. The molecule has 4 nitrogen and oxygen atoms in total. The number of halogens is 1. The second-order valence-corrected chi connectivity index (χ2v) is 4.83. The molecule has 0 aromatic rings. The fraction of sp³-hybridized carbons (Fsp3) is 0.333. The zero-order valence-electron chi connectivity index (χ0n) is 10.1. The van der Waals surface area contributed by atoms with Crippen molar-refractivity contribution in [2.24, 2.45) is 0 Å². The zero-order valence-corrected chi connectivity index (χ0v) is 14.6. The number of rotatable bonds is 4. The number of alkyl halides is 1. The van der Waals surface area contributed by atoms with E-state index in [9.17, 15) is 9.59 Å². The van der Waals surface area contributed by atoms with Gasteiger partial charge in [-0.2, -0.15) is 0 Å². The molecule has 1 rings (SSSR count). The Morgan fingerprint density at radius 1 is 1.71 bits per heavy atom. The minimum Gasteiger partial charge on any atom is -1.00 e. The van der Waals surface area contributed by atoms with Crippen molar-refractivity contribution in [2.45, 2.75) is 6.42 Å². The van der Waals surface area contributed by atoms with Gasteiger partial charge in [0.1, 0.15) is 15.8 Å². The molecule has 0 aromatic carbocycles. The van der Waals surface area contributed by atoms with Gasteiger partial charge in [0.2, 0.25) is 0 Å². The number of aliphatic carboxylic acids is 1. The molecule has 17 heavy (non-hydrogen) atoms. The van der Waals surface area contributed by atoms with E-state index in [1.54, 1.807) is 6.08 Å². The average Bonchev–Trinajstić information content (AvgIpc) is 2.46. The molecule has 0 aromatic heterocycles. The summed E-state index contributed by atoms with van der Waals surface area (Å²) in [5.74, 6) is -1.06. The fourth-order valence-corrected chi connectivity index (χ4v) is 2.25. The van der Waals surface area contributed by atoms with E-state index < -0.39 is 18.4 Å². The van der Waals surface area contributed by atoms with Gasteiger partial charge >= 0.3 is 57.4 Å². The Balaban J connectivity index is 0. The molecule has 1 aliphatic heterocycles. The first-order valence-electron chi connectivity index (χ1n) is 4.33. The molecule has 0 aliphatic carbocycles. The van der Waals surface area contributed by atoms with Crippen LogP contribution in [0.4, 0.5) is 0 Å². The summed E-state index contributed by atoms with van der Waals surface area (Å²) in [7, 11) is 0. The first-order valence-corrected chi connectivity index (χ1v) is 6.08. The van der Waals surface area contributed by atoms with Gasteiger partial charge in [-0.05, 0) is 24.3 Å². The maximum Gasteiger partial charge on any atom is 1.00 e. The number of carbonyl (C=O) groups is 2. The third-order valence-electron chi connectivity index (χ3n) is 1.63. The van der Waals surface area contributed by atoms with Crippen molar-refractivity contribution in [3.05, 3.63) is 16.7 Å². The summed E-state index contributed by atoms with van der Waals surface area (Å²) < 4.78 is 0.245. The van der Waals surface area contributed by atoms with Crippen LogP contribution in [-0.4, -0.2) is 38.6 Å². The van der Waals surface area contributed by atoms with Crippen molar-refractivity contribution in [3.8, 4) is 0 Å². The molecule has 0 atom stereocenters. The summed E-state index contributed by atoms with van der Waals surface area (Å²) in [6.07, 6.45) is 2.24. The smallest absolute Gasteiger partial charge is 1.00 e. The van der Waals surface area contributed by atoms with E-state index in [-0.39, 0.29) is 57.1 Å². The summed E-state index contributed by atoms with van der Waals surface area (Å²) >= 11 is 11.4. The van der Waals surface area contributed by atoms with Crippen molar-refractivity contribution in [2.75, 3.05) is 12.4 Å². The number of carboxylic acid groups (broad SMARTS) is 1. The van der Waals surface area contributed by atoms with Crippen molar-refractivity contribution >= 4 is 51.8 Å². The monoisotopic (exact) mass is 317 g/mol. The van der Waals surface area contributed by atoms with Gasteiger partial charge in [-0.15, -0.1) is 17.3 Å². The predicted octanol–water partition coefficient (Wildman–Crippen LogP) is -1.28. The molecule has 8 heteroatoms. The van der Waals surface area contributed by atoms with E-state index in [4.69, 9.17) is 28.9 Å². The maximum absolute atomic E-state index is 11.6.